The number of nitrogens with two attached hydrogens (primary N) is 1. The van der Waals surface area contributed by atoms with Gasteiger partial charge in [-0.3, -0.25) is 4.98 Å². The number of rotatable bonds is 3. The Bertz CT molecular complexity index is 196. The summed E-state index contributed by atoms with van der Waals surface area (Å²) < 4.78 is 0. The fraction of sp³-hybridized carbons (Fsp3) is 0.444. The maximum absolute atomic E-state index is 5.84. The Morgan fingerprint density at radius 2 is 2.36 bits per heavy atom. The minimum Gasteiger partial charge on any atom is -0.323 e. The largest absolute Gasteiger partial charge is 0.323 e. The van der Waals surface area contributed by atoms with Crippen molar-refractivity contribution in [3.8, 4) is 0 Å². The van der Waals surface area contributed by atoms with Crippen molar-refractivity contribution in [1.82, 2.24) is 4.98 Å². The lowest BCUT2D eigenvalue weighted by molar-refractivity contribution is 0.622. The standard InChI is InChI=1S/C9H14N2/c1-2-5-8(10)9-6-3-4-7-11-9/h3-4,6-8H,2,5,10H2,1H3. The van der Waals surface area contributed by atoms with Crippen LogP contribution in [-0.2, 0) is 0 Å². The predicted octanol–water partition coefficient (Wildman–Crippen LogP) is 1.88. The van der Waals surface area contributed by atoms with E-state index in [1.807, 2.05) is 18.2 Å². The molecule has 0 aliphatic carbocycles. The third-order valence-electron chi connectivity index (χ3n) is 1.67. The molecule has 0 saturated heterocycles. The van der Waals surface area contributed by atoms with Crippen molar-refractivity contribution < 1.29 is 0 Å². The Balaban J connectivity index is 2.61. The van der Waals surface area contributed by atoms with Crippen LogP contribution in [0.1, 0.15) is 31.5 Å². The molecule has 2 nitrogen and oxygen atoms in total. The fourth-order valence-electron chi connectivity index (χ4n) is 1.05. The van der Waals surface area contributed by atoms with Gasteiger partial charge in [0, 0.05) is 12.2 Å². The third kappa shape index (κ3) is 2.31. The van der Waals surface area contributed by atoms with Crippen LogP contribution in [0.2, 0.25) is 0 Å². The molecule has 1 rings (SSSR count). The molecule has 1 aromatic heterocycles. The van der Waals surface area contributed by atoms with E-state index in [4.69, 9.17) is 5.73 Å². The molecule has 60 valence electrons. The van der Waals surface area contributed by atoms with Crippen molar-refractivity contribution in [3.63, 3.8) is 0 Å². The molecule has 0 aromatic carbocycles. The first-order chi connectivity index (χ1) is 5.34. The lowest BCUT2D eigenvalue weighted by Gasteiger charge is -2.07. The summed E-state index contributed by atoms with van der Waals surface area (Å²) in [6.45, 7) is 2.13. The van der Waals surface area contributed by atoms with E-state index in [1.165, 1.54) is 0 Å². The van der Waals surface area contributed by atoms with Crippen LogP contribution in [0.4, 0.5) is 0 Å². The van der Waals surface area contributed by atoms with Gasteiger partial charge in [-0.15, -0.1) is 0 Å². The second kappa shape index (κ2) is 4.09. The molecule has 0 aliphatic rings. The van der Waals surface area contributed by atoms with Gasteiger partial charge < -0.3 is 5.73 Å². The van der Waals surface area contributed by atoms with Crippen LogP contribution < -0.4 is 5.73 Å². The molecule has 0 aliphatic heterocycles. The monoisotopic (exact) mass is 150 g/mol. The Morgan fingerprint density at radius 3 is 2.91 bits per heavy atom. The molecule has 2 heteroatoms. The summed E-state index contributed by atoms with van der Waals surface area (Å²) in [6, 6.07) is 5.96. The van der Waals surface area contributed by atoms with Crippen LogP contribution in [0, 0.1) is 0 Å². The first-order valence-corrected chi connectivity index (χ1v) is 4.01. The maximum Gasteiger partial charge on any atom is 0.0570 e. The van der Waals surface area contributed by atoms with Gasteiger partial charge in [0.2, 0.25) is 0 Å². The van der Waals surface area contributed by atoms with Crippen molar-refractivity contribution >= 4 is 0 Å². The quantitative estimate of drug-likeness (QED) is 0.714. The van der Waals surface area contributed by atoms with Gasteiger partial charge in [0.25, 0.3) is 0 Å². The zero-order valence-corrected chi connectivity index (χ0v) is 6.83. The van der Waals surface area contributed by atoms with Crippen LogP contribution in [0.15, 0.2) is 24.4 Å². The second-order valence-corrected chi connectivity index (χ2v) is 2.65. The lowest BCUT2D eigenvalue weighted by Crippen LogP contribution is -2.10. The fourth-order valence-corrected chi connectivity index (χ4v) is 1.05. The molecule has 0 radical (unpaired) electrons. The topological polar surface area (TPSA) is 38.9 Å². The summed E-state index contributed by atoms with van der Waals surface area (Å²) in [6.07, 6.45) is 3.90. The molecule has 1 aromatic rings. The van der Waals surface area contributed by atoms with Gasteiger partial charge in [0.15, 0.2) is 0 Å². The SMILES string of the molecule is CCCC(N)c1ccccn1. The molecular weight excluding hydrogens is 136 g/mol. The van der Waals surface area contributed by atoms with Gasteiger partial charge in [0.05, 0.1) is 5.69 Å². The molecule has 2 N–H and O–H groups in total. The number of nitrogens with zero attached hydrogens (tertiary/aromatic N) is 1. The minimum atomic E-state index is 0.112. The molecular formula is C9H14N2. The predicted molar refractivity (Wildman–Crippen MR) is 46.1 cm³/mol. The highest BCUT2D eigenvalue weighted by atomic mass is 14.8. The summed E-state index contributed by atoms with van der Waals surface area (Å²) in [5.41, 5.74) is 6.84. The summed E-state index contributed by atoms with van der Waals surface area (Å²) >= 11 is 0. The zero-order valence-electron chi connectivity index (χ0n) is 6.83. The Hall–Kier alpha value is -0.890. The average Bonchev–Trinajstić information content (AvgIpc) is 2.07. The van der Waals surface area contributed by atoms with Gasteiger partial charge in [-0.2, -0.15) is 0 Å². The van der Waals surface area contributed by atoms with Crippen molar-refractivity contribution in [2.75, 3.05) is 0 Å². The number of aromatic nitrogens is 1. The highest BCUT2D eigenvalue weighted by Gasteiger charge is 2.03. The van der Waals surface area contributed by atoms with Crippen molar-refractivity contribution in [1.29, 1.82) is 0 Å². The molecule has 1 unspecified atom stereocenters. The van der Waals surface area contributed by atoms with Gasteiger partial charge in [0.1, 0.15) is 0 Å². The first kappa shape index (κ1) is 8.21. The van der Waals surface area contributed by atoms with Gasteiger partial charge >= 0.3 is 0 Å². The molecule has 0 amide bonds. The second-order valence-electron chi connectivity index (χ2n) is 2.65. The summed E-state index contributed by atoms with van der Waals surface area (Å²) in [5, 5.41) is 0. The van der Waals surface area contributed by atoms with Crippen molar-refractivity contribution in [3.05, 3.63) is 30.1 Å². The molecule has 0 spiro atoms. The van der Waals surface area contributed by atoms with E-state index in [0.29, 0.717) is 0 Å². The first-order valence-electron chi connectivity index (χ1n) is 4.01. The van der Waals surface area contributed by atoms with Crippen LogP contribution in [0.5, 0.6) is 0 Å². The molecule has 0 fully saturated rings. The Morgan fingerprint density at radius 1 is 1.55 bits per heavy atom. The lowest BCUT2D eigenvalue weighted by atomic mass is 10.1. The van der Waals surface area contributed by atoms with E-state index in [-0.39, 0.29) is 6.04 Å². The van der Waals surface area contributed by atoms with E-state index in [1.54, 1.807) is 6.20 Å². The zero-order chi connectivity index (χ0) is 8.10. The number of pyridine rings is 1. The summed E-state index contributed by atoms with van der Waals surface area (Å²) in [4.78, 5) is 4.17. The van der Waals surface area contributed by atoms with Gasteiger partial charge in [-0.05, 0) is 18.6 Å². The molecule has 0 bridgehead atoms. The van der Waals surface area contributed by atoms with E-state index in [0.717, 1.165) is 18.5 Å². The van der Waals surface area contributed by atoms with Gasteiger partial charge in [-0.1, -0.05) is 19.4 Å². The summed E-state index contributed by atoms with van der Waals surface area (Å²) in [5.74, 6) is 0. The van der Waals surface area contributed by atoms with E-state index in [2.05, 4.69) is 11.9 Å². The minimum absolute atomic E-state index is 0.112. The molecule has 11 heavy (non-hydrogen) atoms. The Labute approximate surface area is 67.5 Å². The van der Waals surface area contributed by atoms with Crippen LogP contribution >= 0.6 is 0 Å². The van der Waals surface area contributed by atoms with E-state index >= 15 is 0 Å². The molecule has 1 heterocycles. The van der Waals surface area contributed by atoms with Crippen molar-refractivity contribution in [2.45, 2.75) is 25.8 Å². The van der Waals surface area contributed by atoms with Crippen LogP contribution in [0.25, 0.3) is 0 Å². The summed E-state index contributed by atoms with van der Waals surface area (Å²) in [7, 11) is 0. The normalized spacial score (nSPS) is 12.9. The average molecular weight is 150 g/mol. The van der Waals surface area contributed by atoms with E-state index in [9.17, 15) is 0 Å². The number of hydrogen-bond donors (Lipinski definition) is 1. The highest BCUT2D eigenvalue weighted by Crippen LogP contribution is 2.11. The van der Waals surface area contributed by atoms with Crippen LogP contribution in [0.3, 0.4) is 0 Å². The molecule has 1 atom stereocenters. The van der Waals surface area contributed by atoms with E-state index < -0.39 is 0 Å². The molecule has 0 saturated carbocycles. The Kier molecular flexibility index (Phi) is 3.05. The number of hydrogen-bond acceptors (Lipinski definition) is 2. The maximum atomic E-state index is 5.84. The highest BCUT2D eigenvalue weighted by molar-refractivity contribution is 5.07. The van der Waals surface area contributed by atoms with Crippen molar-refractivity contribution in [2.24, 2.45) is 5.73 Å². The smallest absolute Gasteiger partial charge is 0.0570 e. The van der Waals surface area contributed by atoms with Crippen LogP contribution in [-0.4, -0.2) is 4.98 Å². The third-order valence-corrected chi connectivity index (χ3v) is 1.67. The van der Waals surface area contributed by atoms with Gasteiger partial charge in [-0.25, -0.2) is 0 Å².